The van der Waals surface area contributed by atoms with Crippen molar-refractivity contribution in [1.29, 1.82) is 0 Å². The van der Waals surface area contributed by atoms with Crippen LogP contribution >= 0.6 is 0 Å². The third-order valence-electron chi connectivity index (χ3n) is 3.88. The molecule has 2 rings (SSSR count). The van der Waals surface area contributed by atoms with Crippen molar-refractivity contribution < 1.29 is 19.3 Å². The normalized spacial score (nSPS) is 13.0. The Morgan fingerprint density at radius 1 is 1.09 bits per heavy atom. The molecule has 23 heavy (non-hydrogen) atoms. The van der Waals surface area contributed by atoms with Crippen molar-refractivity contribution in [3.05, 3.63) is 53.3 Å². The van der Waals surface area contributed by atoms with Gasteiger partial charge in [-0.3, -0.25) is 0 Å². The number of methoxy groups -OCH3 is 1. The van der Waals surface area contributed by atoms with Gasteiger partial charge in [-0.2, -0.15) is 0 Å². The van der Waals surface area contributed by atoms with E-state index in [1.807, 2.05) is 20.8 Å². The zero-order chi connectivity index (χ0) is 17.2. The third-order valence-corrected chi connectivity index (χ3v) is 3.88. The molecule has 0 aliphatic heterocycles. The lowest BCUT2D eigenvalue weighted by Crippen LogP contribution is -2.19. The number of hydrogen-bond donors (Lipinski definition) is 2. The van der Waals surface area contributed by atoms with E-state index in [0.717, 1.165) is 0 Å². The van der Waals surface area contributed by atoms with Crippen LogP contribution < -0.4 is 4.74 Å². The van der Waals surface area contributed by atoms with Crippen LogP contribution in [0, 0.1) is 11.2 Å². The van der Waals surface area contributed by atoms with Gasteiger partial charge in [-0.15, -0.1) is 0 Å². The van der Waals surface area contributed by atoms with E-state index in [2.05, 4.69) is 0 Å². The Balaban J connectivity index is 2.67. The van der Waals surface area contributed by atoms with Gasteiger partial charge in [0.25, 0.3) is 0 Å². The van der Waals surface area contributed by atoms with Gasteiger partial charge in [-0.1, -0.05) is 39.0 Å². The zero-order valence-corrected chi connectivity index (χ0v) is 13.9. The molecule has 1 unspecified atom stereocenters. The maximum absolute atomic E-state index is 14.3. The van der Waals surface area contributed by atoms with Crippen LogP contribution in [0.4, 0.5) is 4.39 Å². The van der Waals surface area contributed by atoms with E-state index in [-0.39, 0.29) is 12.4 Å². The largest absolute Gasteiger partial charge is 0.497 e. The second kappa shape index (κ2) is 6.69. The Kier molecular flexibility index (Phi) is 5.07. The molecule has 0 amide bonds. The van der Waals surface area contributed by atoms with E-state index in [0.29, 0.717) is 28.0 Å². The standard InChI is InChI=1S/C19H23FO3/c1-19(2,3)18(22)16-9-12(11-21)5-7-14(16)15-10-13(23-4)6-8-17(15)20/h5-10,18,21-22H,11H2,1-4H3. The van der Waals surface area contributed by atoms with Gasteiger partial charge in [0, 0.05) is 5.56 Å². The molecule has 0 aromatic heterocycles. The van der Waals surface area contributed by atoms with Crippen molar-refractivity contribution in [2.45, 2.75) is 33.5 Å². The van der Waals surface area contributed by atoms with E-state index in [4.69, 9.17) is 4.74 Å². The smallest absolute Gasteiger partial charge is 0.131 e. The van der Waals surface area contributed by atoms with E-state index in [1.54, 1.807) is 30.3 Å². The Morgan fingerprint density at radius 2 is 1.78 bits per heavy atom. The zero-order valence-electron chi connectivity index (χ0n) is 13.9. The fourth-order valence-electron chi connectivity index (χ4n) is 2.49. The van der Waals surface area contributed by atoms with Crippen LogP contribution in [-0.2, 0) is 6.61 Å². The Labute approximate surface area is 136 Å². The minimum Gasteiger partial charge on any atom is -0.497 e. The van der Waals surface area contributed by atoms with E-state index in [1.165, 1.54) is 13.2 Å². The summed E-state index contributed by atoms with van der Waals surface area (Å²) in [6, 6.07) is 9.70. The summed E-state index contributed by atoms with van der Waals surface area (Å²) in [6.07, 6.45) is -0.797. The van der Waals surface area contributed by atoms with Gasteiger partial charge in [0.1, 0.15) is 11.6 Å². The minimum absolute atomic E-state index is 0.134. The first-order valence-corrected chi connectivity index (χ1v) is 7.53. The van der Waals surface area contributed by atoms with Crippen LogP contribution in [0.1, 0.15) is 38.0 Å². The van der Waals surface area contributed by atoms with Gasteiger partial charge in [-0.05, 0) is 40.3 Å². The lowest BCUT2D eigenvalue weighted by atomic mass is 9.81. The quantitative estimate of drug-likeness (QED) is 0.893. The maximum atomic E-state index is 14.3. The lowest BCUT2D eigenvalue weighted by molar-refractivity contribution is 0.0630. The van der Waals surface area contributed by atoms with Crippen LogP contribution in [0.5, 0.6) is 5.75 Å². The van der Waals surface area contributed by atoms with Crippen LogP contribution in [0.2, 0.25) is 0 Å². The fourth-order valence-corrected chi connectivity index (χ4v) is 2.49. The second-order valence-corrected chi connectivity index (χ2v) is 6.69. The predicted octanol–water partition coefficient (Wildman–Crippen LogP) is 4.07. The molecule has 124 valence electrons. The fraction of sp³-hybridized carbons (Fsp3) is 0.368. The minimum atomic E-state index is -0.797. The Morgan fingerprint density at radius 3 is 2.35 bits per heavy atom. The molecule has 4 heteroatoms. The average molecular weight is 318 g/mol. The highest BCUT2D eigenvalue weighted by Crippen LogP contribution is 2.40. The lowest BCUT2D eigenvalue weighted by Gasteiger charge is -2.28. The molecule has 0 fully saturated rings. The molecule has 0 saturated carbocycles. The summed E-state index contributed by atoms with van der Waals surface area (Å²) in [4.78, 5) is 0. The molecule has 2 N–H and O–H groups in total. The summed E-state index contributed by atoms with van der Waals surface area (Å²) in [7, 11) is 1.52. The molecular weight excluding hydrogens is 295 g/mol. The van der Waals surface area contributed by atoms with Crippen molar-refractivity contribution in [2.75, 3.05) is 7.11 Å². The molecule has 2 aromatic rings. The molecule has 0 bridgehead atoms. The molecule has 0 heterocycles. The number of aliphatic hydroxyl groups excluding tert-OH is 2. The summed E-state index contributed by atoms with van der Waals surface area (Å²) in [5, 5.41) is 20.1. The van der Waals surface area contributed by atoms with Crippen molar-refractivity contribution in [3.63, 3.8) is 0 Å². The molecule has 0 aliphatic rings. The van der Waals surface area contributed by atoms with Crippen LogP contribution in [0.3, 0.4) is 0 Å². The number of aliphatic hydroxyl groups is 2. The molecule has 0 spiro atoms. The molecule has 1 atom stereocenters. The van der Waals surface area contributed by atoms with Crippen LogP contribution in [0.15, 0.2) is 36.4 Å². The molecule has 0 saturated heterocycles. The second-order valence-electron chi connectivity index (χ2n) is 6.69. The number of ether oxygens (including phenoxy) is 1. The molecule has 0 radical (unpaired) electrons. The first-order chi connectivity index (χ1) is 10.8. The van der Waals surface area contributed by atoms with Gasteiger partial charge in [0.15, 0.2) is 0 Å². The maximum Gasteiger partial charge on any atom is 0.131 e. The first-order valence-electron chi connectivity index (χ1n) is 7.53. The summed E-state index contributed by atoms with van der Waals surface area (Å²) in [6.45, 7) is 5.60. The SMILES string of the molecule is COc1ccc(F)c(-c2ccc(CO)cc2C(O)C(C)(C)C)c1. The van der Waals surface area contributed by atoms with Crippen molar-refractivity contribution in [3.8, 4) is 16.9 Å². The Hall–Kier alpha value is -1.91. The van der Waals surface area contributed by atoms with Gasteiger partial charge < -0.3 is 14.9 Å². The summed E-state index contributed by atoms with van der Waals surface area (Å²) >= 11 is 0. The van der Waals surface area contributed by atoms with Gasteiger partial charge in [0.2, 0.25) is 0 Å². The summed E-state index contributed by atoms with van der Waals surface area (Å²) in [5.41, 5.74) is 1.82. The highest BCUT2D eigenvalue weighted by Gasteiger charge is 2.27. The third kappa shape index (κ3) is 3.71. The van der Waals surface area contributed by atoms with E-state index < -0.39 is 11.5 Å². The topological polar surface area (TPSA) is 49.7 Å². The number of rotatable bonds is 4. The highest BCUT2D eigenvalue weighted by atomic mass is 19.1. The molecule has 2 aromatic carbocycles. The number of benzene rings is 2. The summed E-state index contributed by atoms with van der Waals surface area (Å²) < 4.78 is 19.5. The van der Waals surface area contributed by atoms with E-state index in [9.17, 15) is 14.6 Å². The van der Waals surface area contributed by atoms with Crippen LogP contribution in [0.25, 0.3) is 11.1 Å². The van der Waals surface area contributed by atoms with Gasteiger partial charge >= 0.3 is 0 Å². The Bertz CT molecular complexity index is 689. The van der Waals surface area contributed by atoms with Crippen molar-refractivity contribution in [1.82, 2.24) is 0 Å². The predicted molar refractivity (Wildman–Crippen MR) is 88.7 cm³/mol. The molecule has 3 nitrogen and oxygen atoms in total. The van der Waals surface area contributed by atoms with Gasteiger partial charge in [0.05, 0.1) is 19.8 Å². The number of halogens is 1. The number of hydrogen-bond acceptors (Lipinski definition) is 3. The summed E-state index contributed by atoms with van der Waals surface area (Å²) in [5.74, 6) is 0.161. The van der Waals surface area contributed by atoms with Crippen molar-refractivity contribution >= 4 is 0 Å². The average Bonchev–Trinajstić information content (AvgIpc) is 2.53. The molecule has 0 aliphatic carbocycles. The molecular formula is C19H23FO3. The monoisotopic (exact) mass is 318 g/mol. The first kappa shape index (κ1) is 17.4. The highest BCUT2D eigenvalue weighted by molar-refractivity contribution is 5.70. The van der Waals surface area contributed by atoms with Crippen LogP contribution in [-0.4, -0.2) is 17.3 Å². The van der Waals surface area contributed by atoms with E-state index >= 15 is 0 Å². The van der Waals surface area contributed by atoms with Gasteiger partial charge in [-0.25, -0.2) is 4.39 Å². The van der Waals surface area contributed by atoms with Crippen molar-refractivity contribution in [2.24, 2.45) is 5.41 Å².